The lowest BCUT2D eigenvalue weighted by Gasteiger charge is -2.26. The Morgan fingerprint density at radius 2 is 1.91 bits per heavy atom. The van der Waals surface area contributed by atoms with Crippen molar-refractivity contribution in [2.45, 2.75) is 51.2 Å². The van der Waals surface area contributed by atoms with Crippen molar-refractivity contribution >= 4 is 17.6 Å². The summed E-state index contributed by atoms with van der Waals surface area (Å²) in [7, 11) is 0. The summed E-state index contributed by atoms with van der Waals surface area (Å²) in [6.45, 7) is 2.87. The summed E-state index contributed by atoms with van der Waals surface area (Å²) in [5.41, 5.74) is 7.46. The second-order valence-corrected chi connectivity index (χ2v) is 8.47. The predicted octanol–water partition coefficient (Wildman–Crippen LogP) is 3.60. The Hall–Kier alpha value is -3.06. The van der Waals surface area contributed by atoms with Crippen molar-refractivity contribution in [1.82, 2.24) is 16.1 Å². The highest BCUT2D eigenvalue weighted by molar-refractivity contribution is 5.76. The van der Waals surface area contributed by atoms with Gasteiger partial charge in [-0.3, -0.25) is 9.63 Å². The minimum Gasteiger partial charge on any atom is -0.369 e. The van der Waals surface area contributed by atoms with Crippen LogP contribution in [0.2, 0.25) is 0 Å². The maximum Gasteiger partial charge on any atom is 0.315 e. The molecule has 3 amide bonds. The van der Waals surface area contributed by atoms with Crippen LogP contribution in [0.3, 0.4) is 0 Å². The van der Waals surface area contributed by atoms with Gasteiger partial charge in [0, 0.05) is 31.7 Å². The van der Waals surface area contributed by atoms with Crippen LogP contribution >= 0.6 is 0 Å². The van der Waals surface area contributed by atoms with E-state index in [9.17, 15) is 9.59 Å². The van der Waals surface area contributed by atoms with Gasteiger partial charge in [0.25, 0.3) is 0 Å². The number of carbonyl (C=O) groups excluding carboxylic acids is 2. The van der Waals surface area contributed by atoms with Crippen molar-refractivity contribution in [3.8, 4) is 0 Å². The number of benzene rings is 2. The molecule has 0 fully saturated rings. The van der Waals surface area contributed by atoms with Gasteiger partial charge in [-0.2, -0.15) is 0 Å². The lowest BCUT2D eigenvalue weighted by Crippen LogP contribution is -2.40. The summed E-state index contributed by atoms with van der Waals surface area (Å²) in [6.07, 6.45) is 5.18. The van der Waals surface area contributed by atoms with Crippen LogP contribution in [0.4, 0.5) is 10.5 Å². The Morgan fingerprint density at radius 3 is 2.78 bits per heavy atom. The fourth-order valence-corrected chi connectivity index (χ4v) is 4.50. The van der Waals surface area contributed by atoms with Crippen LogP contribution in [-0.4, -0.2) is 31.6 Å². The molecule has 2 aromatic carbocycles. The number of rotatable bonds is 10. The number of urea groups is 1. The molecule has 2 aromatic rings. The maximum absolute atomic E-state index is 12.4. The molecule has 0 saturated carbocycles. The number of unbranched alkanes of at least 4 members (excludes halogenated alkanes) is 2. The number of amides is 3. The first-order valence-electron chi connectivity index (χ1n) is 11.6. The van der Waals surface area contributed by atoms with Crippen molar-refractivity contribution in [3.63, 3.8) is 0 Å². The van der Waals surface area contributed by atoms with Crippen LogP contribution in [0.1, 0.15) is 54.8 Å². The minimum atomic E-state index is -0.125. The van der Waals surface area contributed by atoms with Gasteiger partial charge in [0.2, 0.25) is 5.91 Å². The molecule has 2 aliphatic heterocycles. The molecular formula is C25H32N4O3. The average Bonchev–Trinajstić information content (AvgIpc) is 3.16. The molecule has 0 saturated heterocycles. The standard InChI is InChI=1S/C25H32N4O3/c30-23(28-32-18-19-9-3-1-4-10-19)14-5-2-6-15-26-25(31)27-22-17-29-16-8-12-20-11-7-13-21(22)24(20)29/h1,3-4,7,9-11,13,22H,2,5-6,8,12,14-18H2,(H,28,30)(H2,26,27,31). The largest absolute Gasteiger partial charge is 0.369 e. The smallest absolute Gasteiger partial charge is 0.315 e. The third kappa shape index (κ3) is 5.79. The van der Waals surface area contributed by atoms with Crippen LogP contribution in [0.5, 0.6) is 0 Å². The molecule has 0 aromatic heterocycles. The van der Waals surface area contributed by atoms with Crippen LogP contribution in [0, 0.1) is 0 Å². The van der Waals surface area contributed by atoms with Crippen LogP contribution in [0.15, 0.2) is 48.5 Å². The SMILES string of the molecule is O=C(CCCCCNC(=O)NC1CN2CCCc3cccc1c32)NOCc1ccccc1. The second-order valence-electron chi connectivity index (χ2n) is 8.47. The van der Waals surface area contributed by atoms with E-state index < -0.39 is 0 Å². The van der Waals surface area contributed by atoms with Gasteiger partial charge < -0.3 is 15.5 Å². The van der Waals surface area contributed by atoms with Gasteiger partial charge in [-0.05, 0) is 42.4 Å². The molecule has 7 heteroatoms. The zero-order valence-corrected chi connectivity index (χ0v) is 18.4. The maximum atomic E-state index is 12.4. The molecule has 7 nitrogen and oxygen atoms in total. The van der Waals surface area contributed by atoms with E-state index in [4.69, 9.17) is 4.84 Å². The van der Waals surface area contributed by atoms with E-state index in [1.54, 1.807) is 0 Å². The summed E-state index contributed by atoms with van der Waals surface area (Å²) in [6, 6.07) is 16.1. The monoisotopic (exact) mass is 436 g/mol. The number of hydroxylamine groups is 1. The zero-order valence-electron chi connectivity index (χ0n) is 18.4. The molecule has 4 rings (SSSR count). The molecule has 0 spiro atoms. The van der Waals surface area contributed by atoms with E-state index in [2.05, 4.69) is 39.2 Å². The molecule has 32 heavy (non-hydrogen) atoms. The number of anilines is 1. The summed E-state index contributed by atoms with van der Waals surface area (Å²) in [4.78, 5) is 31.8. The molecule has 2 heterocycles. The van der Waals surface area contributed by atoms with Crippen molar-refractivity contribution in [3.05, 3.63) is 65.2 Å². The number of aryl methyl sites for hydroxylation is 1. The number of nitrogens with one attached hydrogen (secondary N) is 3. The van der Waals surface area contributed by atoms with Gasteiger partial charge in [0.15, 0.2) is 0 Å². The fraction of sp³-hybridized carbons (Fsp3) is 0.440. The van der Waals surface area contributed by atoms with Crippen molar-refractivity contribution < 1.29 is 14.4 Å². The van der Waals surface area contributed by atoms with Gasteiger partial charge in [-0.1, -0.05) is 55.0 Å². The molecule has 2 aliphatic rings. The van der Waals surface area contributed by atoms with Crippen LogP contribution in [-0.2, 0) is 22.7 Å². The molecule has 3 N–H and O–H groups in total. The summed E-state index contributed by atoms with van der Waals surface area (Å²) >= 11 is 0. The van der Waals surface area contributed by atoms with Crippen molar-refractivity contribution in [2.24, 2.45) is 0 Å². The summed E-state index contributed by atoms with van der Waals surface area (Å²) < 4.78 is 0. The second kappa shape index (κ2) is 11.0. The van der Waals surface area contributed by atoms with Crippen molar-refractivity contribution in [1.29, 1.82) is 0 Å². The number of hydrogen-bond donors (Lipinski definition) is 3. The molecule has 170 valence electrons. The van der Waals surface area contributed by atoms with Gasteiger partial charge >= 0.3 is 6.03 Å². The lowest BCUT2D eigenvalue weighted by molar-refractivity contribution is -0.134. The summed E-state index contributed by atoms with van der Waals surface area (Å²) in [5, 5.41) is 6.08. The Balaban J connectivity index is 1.07. The molecule has 1 unspecified atom stereocenters. The predicted molar refractivity (Wildman–Crippen MR) is 124 cm³/mol. The number of hydrogen-bond acceptors (Lipinski definition) is 4. The van der Waals surface area contributed by atoms with Crippen molar-refractivity contribution in [2.75, 3.05) is 24.5 Å². The van der Waals surface area contributed by atoms with Crippen LogP contribution < -0.4 is 21.0 Å². The number of carbonyl (C=O) groups is 2. The average molecular weight is 437 g/mol. The quantitative estimate of drug-likeness (QED) is 0.393. The Morgan fingerprint density at radius 1 is 1.03 bits per heavy atom. The van der Waals surface area contributed by atoms with Gasteiger partial charge in [-0.15, -0.1) is 0 Å². The van der Waals surface area contributed by atoms with Gasteiger partial charge in [0.1, 0.15) is 0 Å². The minimum absolute atomic E-state index is 0.0441. The first-order chi connectivity index (χ1) is 15.7. The highest BCUT2D eigenvalue weighted by Crippen LogP contribution is 2.40. The zero-order chi connectivity index (χ0) is 22.2. The first kappa shape index (κ1) is 22.1. The highest BCUT2D eigenvalue weighted by Gasteiger charge is 2.33. The lowest BCUT2D eigenvalue weighted by atomic mass is 9.99. The normalized spacial score (nSPS) is 16.4. The molecular weight excluding hydrogens is 404 g/mol. The van der Waals surface area contributed by atoms with E-state index >= 15 is 0 Å². The molecule has 0 bridgehead atoms. The van der Waals surface area contributed by atoms with E-state index in [0.29, 0.717) is 19.6 Å². The Labute approximate surface area is 189 Å². The van der Waals surface area contributed by atoms with Gasteiger partial charge in [-0.25, -0.2) is 10.3 Å². The highest BCUT2D eigenvalue weighted by atomic mass is 16.6. The number of para-hydroxylation sites is 1. The van der Waals surface area contributed by atoms with E-state index in [1.807, 2.05) is 30.3 Å². The van der Waals surface area contributed by atoms with E-state index in [0.717, 1.165) is 44.3 Å². The van der Waals surface area contributed by atoms with E-state index in [-0.39, 0.29) is 18.0 Å². The number of nitrogens with zero attached hydrogens (tertiary/aromatic N) is 1. The Kier molecular flexibility index (Phi) is 7.61. The third-order valence-electron chi connectivity index (χ3n) is 6.06. The van der Waals surface area contributed by atoms with Gasteiger partial charge in [0.05, 0.1) is 12.6 Å². The molecule has 0 radical (unpaired) electrons. The summed E-state index contributed by atoms with van der Waals surface area (Å²) in [5.74, 6) is -0.118. The third-order valence-corrected chi connectivity index (χ3v) is 6.06. The van der Waals surface area contributed by atoms with Crippen LogP contribution in [0.25, 0.3) is 0 Å². The van der Waals surface area contributed by atoms with E-state index in [1.165, 1.54) is 23.2 Å². The fourth-order valence-electron chi connectivity index (χ4n) is 4.50. The topological polar surface area (TPSA) is 82.7 Å². The first-order valence-corrected chi connectivity index (χ1v) is 11.6. The molecule has 1 atom stereocenters. The Bertz CT molecular complexity index is 919. The molecule has 0 aliphatic carbocycles.